The van der Waals surface area contributed by atoms with E-state index in [0.29, 0.717) is 21.5 Å². The van der Waals surface area contributed by atoms with E-state index < -0.39 is 6.09 Å². The Hall–Kier alpha value is -1.43. The number of allylic oxidation sites excluding steroid dienone is 2. The van der Waals surface area contributed by atoms with Crippen LogP contribution in [0, 0.1) is 0 Å². The van der Waals surface area contributed by atoms with Gasteiger partial charge in [0.25, 0.3) is 0 Å². The molecule has 0 N–H and O–H groups in total. The van der Waals surface area contributed by atoms with Crippen LogP contribution in [0.25, 0.3) is 0 Å². The molecule has 2 heterocycles. The number of hydrogen-bond donors (Lipinski definition) is 0. The summed E-state index contributed by atoms with van der Waals surface area (Å²) >= 11 is 13.4. The molecule has 0 saturated heterocycles. The lowest BCUT2D eigenvalue weighted by atomic mass is 10.2. The van der Waals surface area contributed by atoms with E-state index in [4.69, 9.17) is 27.9 Å². The Balaban J connectivity index is 1.63. The van der Waals surface area contributed by atoms with E-state index in [-0.39, 0.29) is 6.61 Å². The molecule has 0 bridgehead atoms. The van der Waals surface area contributed by atoms with Crippen LogP contribution in [0.15, 0.2) is 46.6 Å². The SMILES string of the molecule is O=C(OCc1ccc(Cl)cc1Cl)N1C=CC2=NCSC2=C1. The molecule has 1 aromatic rings. The molecular formula is C14H10Cl2N2O2S. The Morgan fingerprint density at radius 3 is 3.10 bits per heavy atom. The molecule has 0 fully saturated rings. The molecule has 0 aliphatic carbocycles. The minimum absolute atomic E-state index is 0.0937. The van der Waals surface area contributed by atoms with E-state index in [9.17, 15) is 4.79 Å². The quantitative estimate of drug-likeness (QED) is 0.798. The largest absolute Gasteiger partial charge is 0.444 e. The van der Waals surface area contributed by atoms with Crippen LogP contribution in [0.4, 0.5) is 4.79 Å². The summed E-state index contributed by atoms with van der Waals surface area (Å²) in [7, 11) is 0. The molecule has 0 radical (unpaired) electrons. The van der Waals surface area contributed by atoms with Crippen LogP contribution in [0.2, 0.25) is 10.0 Å². The molecule has 0 spiro atoms. The normalized spacial score (nSPS) is 16.4. The zero-order valence-corrected chi connectivity index (χ0v) is 13.1. The lowest BCUT2D eigenvalue weighted by molar-refractivity contribution is 0.121. The van der Waals surface area contributed by atoms with Gasteiger partial charge in [0.05, 0.1) is 16.5 Å². The van der Waals surface area contributed by atoms with Crippen LogP contribution in [0.3, 0.4) is 0 Å². The van der Waals surface area contributed by atoms with Crippen LogP contribution in [0.5, 0.6) is 0 Å². The number of thioether (sulfide) groups is 1. The van der Waals surface area contributed by atoms with Crippen molar-refractivity contribution in [3.8, 4) is 0 Å². The van der Waals surface area contributed by atoms with Gasteiger partial charge in [0.1, 0.15) is 6.61 Å². The van der Waals surface area contributed by atoms with Crippen LogP contribution in [-0.2, 0) is 11.3 Å². The van der Waals surface area contributed by atoms with Gasteiger partial charge in [0, 0.05) is 28.0 Å². The van der Waals surface area contributed by atoms with Gasteiger partial charge in [-0.25, -0.2) is 4.79 Å². The zero-order chi connectivity index (χ0) is 14.8. The lowest BCUT2D eigenvalue weighted by Crippen LogP contribution is -2.24. The molecule has 0 atom stereocenters. The monoisotopic (exact) mass is 340 g/mol. The number of hydrogen-bond acceptors (Lipinski definition) is 4. The van der Waals surface area contributed by atoms with E-state index in [1.165, 1.54) is 4.90 Å². The maximum atomic E-state index is 12.0. The van der Waals surface area contributed by atoms with E-state index in [1.807, 2.05) is 0 Å². The minimum atomic E-state index is -0.462. The topological polar surface area (TPSA) is 41.9 Å². The first-order chi connectivity index (χ1) is 10.1. The summed E-state index contributed by atoms with van der Waals surface area (Å²) < 4.78 is 5.25. The minimum Gasteiger partial charge on any atom is -0.444 e. The Morgan fingerprint density at radius 2 is 2.29 bits per heavy atom. The highest BCUT2D eigenvalue weighted by atomic mass is 35.5. The lowest BCUT2D eigenvalue weighted by Gasteiger charge is -2.18. The molecule has 0 saturated carbocycles. The first-order valence-corrected chi connectivity index (χ1v) is 7.84. The second-order valence-corrected chi connectivity index (χ2v) is 6.15. The smallest absolute Gasteiger partial charge is 0.418 e. The van der Waals surface area contributed by atoms with Crippen molar-refractivity contribution < 1.29 is 9.53 Å². The molecule has 0 unspecified atom stereocenters. The molecule has 2 aliphatic heterocycles. The number of aliphatic imine (C=N–C) groups is 1. The van der Waals surface area contributed by atoms with Gasteiger partial charge in [0.2, 0.25) is 0 Å². The van der Waals surface area contributed by atoms with E-state index in [2.05, 4.69) is 4.99 Å². The Morgan fingerprint density at radius 1 is 1.43 bits per heavy atom. The number of nitrogens with zero attached hydrogens (tertiary/aromatic N) is 2. The first-order valence-electron chi connectivity index (χ1n) is 6.10. The maximum Gasteiger partial charge on any atom is 0.418 e. The number of fused-ring (bicyclic) bond motifs is 1. The third-order valence-electron chi connectivity index (χ3n) is 2.93. The average molecular weight is 341 g/mol. The first kappa shape index (κ1) is 14.5. The molecule has 7 heteroatoms. The van der Waals surface area contributed by atoms with Crippen molar-refractivity contribution >= 4 is 46.8 Å². The number of benzene rings is 1. The van der Waals surface area contributed by atoms with Crippen molar-refractivity contribution in [2.24, 2.45) is 4.99 Å². The molecule has 2 aliphatic rings. The molecule has 21 heavy (non-hydrogen) atoms. The van der Waals surface area contributed by atoms with Gasteiger partial charge in [-0.1, -0.05) is 41.0 Å². The highest BCUT2D eigenvalue weighted by molar-refractivity contribution is 8.04. The number of ether oxygens (including phenoxy) is 1. The van der Waals surface area contributed by atoms with Crippen molar-refractivity contribution in [3.05, 3.63) is 57.2 Å². The summed E-state index contributed by atoms with van der Waals surface area (Å²) in [4.78, 5) is 18.7. The summed E-state index contributed by atoms with van der Waals surface area (Å²) in [6, 6.07) is 5.06. The third-order valence-corrected chi connectivity index (χ3v) is 4.40. The second-order valence-electron chi connectivity index (χ2n) is 4.32. The van der Waals surface area contributed by atoms with Crippen molar-refractivity contribution in [1.82, 2.24) is 4.90 Å². The highest BCUT2D eigenvalue weighted by Crippen LogP contribution is 2.28. The van der Waals surface area contributed by atoms with Gasteiger partial charge < -0.3 is 4.74 Å². The van der Waals surface area contributed by atoms with Gasteiger partial charge >= 0.3 is 6.09 Å². The van der Waals surface area contributed by atoms with Gasteiger partial charge in [0.15, 0.2) is 0 Å². The van der Waals surface area contributed by atoms with Crippen LogP contribution in [-0.4, -0.2) is 22.6 Å². The number of rotatable bonds is 2. The summed E-state index contributed by atoms with van der Waals surface area (Å²) in [6.45, 7) is 0.0937. The van der Waals surface area contributed by atoms with Crippen LogP contribution in [0.1, 0.15) is 5.56 Å². The number of halogens is 2. The fourth-order valence-corrected chi connectivity index (χ4v) is 3.12. The van der Waals surface area contributed by atoms with Gasteiger partial charge in [-0.2, -0.15) is 0 Å². The van der Waals surface area contributed by atoms with Crippen LogP contribution >= 0.6 is 35.0 Å². The molecule has 3 rings (SSSR count). The molecule has 108 valence electrons. The summed E-state index contributed by atoms with van der Waals surface area (Å²) in [5, 5.41) is 1.02. The predicted molar refractivity (Wildman–Crippen MR) is 85.6 cm³/mol. The predicted octanol–water partition coefficient (Wildman–Crippen LogP) is 4.45. The van der Waals surface area contributed by atoms with E-state index >= 15 is 0 Å². The van der Waals surface area contributed by atoms with Crippen molar-refractivity contribution in [2.75, 3.05) is 5.88 Å². The van der Waals surface area contributed by atoms with Gasteiger partial charge in [-0.15, -0.1) is 0 Å². The van der Waals surface area contributed by atoms with Crippen molar-refractivity contribution in [1.29, 1.82) is 0 Å². The summed E-state index contributed by atoms with van der Waals surface area (Å²) in [5.74, 6) is 0.689. The van der Waals surface area contributed by atoms with E-state index in [1.54, 1.807) is 48.4 Å². The Kier molecular flexibility index (Phi) is 4.24. The number of amides is 1. The van der Waals surface area contributed by atoms with Crippen molar-refractivity contribution in [3.63, 3.8) is 0 Å². The Labute approximate surface area is 136 Å². The molecular weight excluding hydrogens is 331 g/mol. The van der Waals surface area contributed by atoms with E-state index in [0.717, 1.165) is 10.6 Å². The van der Waals surface area contributed by atoms with Gasteiger partial charge in [-0.05, 0) is 18.2 Å². The summed E-state index contributed by atoms with van der Waals surface area (Å²) in [6.07, 6.45) is 4.70. The van der Waals surface area contributed by atoms with Crippen molar-refractivity contribution in [2.45, 2.75) is 6.61 Å². The highest BCUT2D eigenvalue weighted by Gasteiger charge is 2.21. The Bertz CT molecular complexity index is 686. The average Bonchev–Trinajstić information content (AvgIpc) is 2.93. The fourth-order valence-electron chi connectivity index (χ4n) is 1.85. The third kappa shape index (κ3) is 3.26. The molecule has 1 amide bonds. The number of carbonyl (C=O) groups is 1. The molecule has 0 aromatic heterocycles. The maximum absolute atomic E-state index is 12.0. The zero-order valence-electron chi connectivity index (χ0n) is 10.8. The molecule has 4 nitrogen and oxygen atoms in total. The fraction of sp³-hybridized carbons (Fsp3) is 0.143. The molecule has 1 aromatic carbocycles. The van der Waals surface area contributed by atoms with Crippen LogP contribution < -0.4 is 0 Å². The number of carbonyl (C=O) groups excluding carboxylic acids is 1. The standard InChI is InChI=1S/C14H10Cl2N2O2S/c15-10-2-1-9(11(16)5-10)7-20-14(19)18-4-3-12-13(6-18)21-8-17-12/h1-6H,7-8H2. The summed E-state index contributed by atoms with van der Waals surface area (Å²) in [5.41, 5.74) is 1.62. The second kappa shape index (κ2) is 6.13. The van der Waals surface area contributed by atoms with Gasteiger partial charge in [-0.3, -0.25) is 9.89 Å².